The van der Waals surface area contributed by atoms with Gasteiger partial charge in [0.1, 0.15) is 42.8 Å². The van der Waals surface area contributed by atoms with Gasteiger partial charge < -0.3 is 57.8 Å². The smallest absolute Gasteiger partial charge is 0.254 e. The Hall–Kier alpha value is -15.0. The number of likely N-dealkylation sites (N-methyl/N-ethyl adjacent to an activating group) is 1. The lowest BCUT2D eigenvalue weighted by Crippen LogP contribution is -2.30. The Bertz CT molecular complexity index is 6420. The van der Waals surface area contributed by atoms with Gasteiger partial charge in [-0.15, -0.1) is 0 Å². The number of aromatic amines is 6. The summed E-state index contributed by atoms with van der Waals surface area (Å²) < 4.78 is 33.8. The average Bonchev–Trinajstić information content (AvgIpc) is 1.31. The number of aromatic nitrogens is 12. The summed E-state index contributed by atoms with van der Waals surface area (Å²) in [6.07, 6.45) is 12.5. The molecule has 0 unspecified atom stereocenters. The Morgan fingerprint density at radius 1 is 0.371 bits per heavy atom. The summed E-state index contributed by atoms with van der Waals surface area (Å²) >= 11 is 0. The number of amides is 5. The van der Waals surface area contributed by atoms with Crippen LogP contribution in [0.5, 0.6) is 34.5 Å². The third kappa shape index (κ3) is 20.2. The molecule has 18 rings (SSSR count). The molecule has 10 aromatic carbocycles. The fourth-order valence-corrected chi connectivity index (χ4v) is 14.7. The van der Waals surface area contributed by atoms with E-state index in [1.807, 2.05) is 181 Å². The van der Waals surface area contributed by atoms with Gasteiger partial charge in [-0.3, -0.25) is 54.6 Å². The standard InChI is InChI=1S/C20H23N3O2.C19H19N5O2.C19H20N4O2.C19H21N3O2.C18H17N3O3/c1-4-10-25-18-11-15(9-8-14(18)2)20(24)23(3)13-17-7-5-6-16-12-21-22-19(16)17;1-3-26-17-8-14(7-16-15(17)10-21-22-16)19(25)24(2)11-13-6-4-5-12-9-20-23-18(12)13;1-22-8-9-25-17-10-13(6-7-16(17)22)19(24)23(2)12-15-5-3-4-14-11-20-21-18(14)15;1-3-10-24-17-9-5-6-14(11-17)19(23)22(2)13-16-8-4-7-15-12-20-21-18(15)16;1-21(11-14-4-2-3-13-10-19-20-17(13)14)18(22)12-5-6-15-16(9-12)24-8-7-23-15/h5-9,11-12H,4,10,13H2,1-3H3,(H,21,22);4-10H,3,11H2,1-2H3,(H,20,23)(H,21,22);3-7,10-11H,8-9,12H2,1-2H3,(H,20,21);4-9,11-12H,3,10,13H2,1-2H3,(H,20,21);2-6,9-10H,7-8,11H2,1H3,(H,19,20). The molecule has 0 saturated carbocycles. The molecule has 29 heteroatoms. The zero-order valence-corrected chi connectivity index (χ0v) is 71.0. The molecular weight excluding hydrogens is 1570 g/mol. The summed E-state index contributed by atoms with van der Waals surface area (Å²) in [7, 11) is 11.0. The van der Waals surface area contributed by atoms with Gasteiger partial charge in [0.15, 0.2) is 11.5 Å². The summed E-state index contributed by atoms with van der Waals surface area (Å²) in [6, 6.07) is 57.3. The first-order valence-electron chi connectivity index (χ1n) is 41.1. The van der Waals surface area contributed by atoms with Crippen LogP contribution in [0.15, 0.2) is 219 Å². The van der Waals surface area contributed by atoms with Crippen molar-refractivity contribution in [3.8, 4) is 34.5 Å². The quantitative estimate of drug-likeness (QED) is 0.0346. The molecule has 124 heavy (non-hydrogen) atoms. The first-order chi connectivity index (χ1) is 60.3. The van der Waals surface area contributed by atoms with E-state index in [0.29, 0.717) is 117 Å². The highest BCUT2D eigenvalue weighted by Gasteiger charge is 2.25. The predicted molar refractivity (Wildman–Crippen MR) is 479 cm³/mol. The number of benzene rings is 10. The number of nitrogens with zero attached hydrogens (tertiary/aromatic N) is 12. The molecule has 0 radical (unpaired) electrons. The molecule has 0 bridgehead atoms. The Morgan fingerprint density at radius 2 is 0.750 bits per heavy atom. The van der Waals surface area contributed by atoms with Crippen LogP contribution >= 0.6 is 0 Å². The summed E-state index contributed by atoms with van der Waals surface area (Å²) in [6.45, 7) is 14.9. The fraction of sp³-hybridized carbons (Fsp3) is 0.253. The molecular formula is C95H100N18O11. The maximum atomic E-state index is 13.0. The Kier molecular flexibility index (Phi) is 27.5. The van der Waals surface area contributed by atoms with E-state index in [-0.39, 0.29) is 29.5 Å². The van der Waals surface area contributed by atoms with Gasteiger partial charge >= 0.3 is 0 Å². The number of para-hydroxylation sites is 5. The minimum absolute atomic E-state index is 0.0298. The molecule has 8 heterocycles. The molecule has 5 amide bonds. The van der Waals surface area contributed by atoms with Gasteiger partial charge in [0, 0.05) is 130 Å². The zero-order valence-electron chi connectivity index (χ0n) is 71.0. The number of hydrogen-bond donors (Lipinski definition) is 6. The van der Waals surface area contributed by atoms with Crippen LogP contribution in [0, 0.1) is 6.92 Å². The number of aryl methyl sites for hydroxylation is 1. The second-order valence-electron chi connectivity index (χ2n) is 30.3. The van der Waals surface area contributed by atoms with Crippen LogP contribution in [0.4, 0.5) is 5.69 Å². The Balaban J connectivity index is 0.000000126. The van der Waals surface area contributed by atoms with Crippen molar-refractivity contribution >= 4 is 101 Å². The monoisotopic (exact) mass is 1670 g/mol. The van der Waals surface area contributed by atoms with E-state index in [1.54, 1.807) is 119 Å². The Morgan fingerprint density at radius 3 is 1.21 bits per heavy atom. The first-order valence-corrected chi connectivity index (χ1v) is 41.1. The van der Waals surface area contributed by atoms with Gasteiger partial charge in [0.25, 0.3) is 29.5 Å². The third-order valence-corrected chi connectivity index (χ3v) is 21.2. The largest absolute Gasteiger partial charge is 0.494 e. The molecule has 0 atom stereocenters. The van der Waals surface area contributed by atoms with E-state index in [4.69, 9.17) is 28.4 Å². The number of H-pyrrole nitrogens is 6. The van der Waals surface area contributed by atoms with Gasteiger partial charge in [-0.05, 0) is 139 Å². The van der Waals surface area contributed by atoms with Crippen LogP contribution in [-0.2, 0) is 32.7 Å². The van der Waals surface area contributed by atoms with E-state index in [9.17, 15) is 24.0 Å². The van der Waals surface area contributed by atoms with Crippen molar-refractivity contribution in [2.24, 2.45) is 0 Å². The highest BCUT2D eigenvalue weighted by molar-refractivity contribution is 6.01. The van der Waals surface area contributed by atoms with Crippen molar-refractivity contribution in [1.29, 1.82) is 0 Å². The molecule has 6 aromatic heterocycles. The number of carbonyl (C=O) groups is 5. The summed E-state index contributed by atoms with van der Waals surface area (Å²) in [5, 5.41) is 48.4. The highest BCUT2D eigenvalue weighted by atomic mass is 16.6. The molecule has 6 N–H and O–H groups in total. The van der Waals surface area contributed by atoms with Crippen molar-refractivity contribution in [1.82, 2.24) is 85.7 Å². The number of fused-ring (bicyclic) bond motifs is 8. The number of hydrogen-bond acceptors (Lipinski definition) is 18. The van der Waals surface area contributed by atoms with Crippen molar-refractivity contribution < 1.29 is 52.4 Å². The lowest BCUT2D eigenvalue weighted by Gasteiger charge is -2.28. The van der Waals surface area contributed by atoms with Crippen LogP contribution in [0.25, 0.3) is 65.4 Å². The van der Waals surface area contributed by atoms with E-state index in [0.717, 1.165) is 141 Å². The molecule has 0 spiro atoms. The topological polar surface area (TPSA) is 332 Å². The third-order valence-electron chi connectivity index (χ3n) is 21.2. The van der Waals surface area contributed by atoms with E-state index in [2.05, 4.69) is 79.9 Å². The van der Waals surface area contributed by atoms with Crippen LogP contribution in [0.3, 0.4) is 0 Å². The van der Waals surface area contributed by atoms with Gasteiger partial charge in [-0.2, -0.15) is 30.6 Å². The normalized spacial score (nSPS) is 11.8. The minimum atomic E-state index is -0.0843. The Labute approximate surface area is 716 Å². The summed E-state index contributed by atoms with van der Waals surface area (Å²) in [5.41, 5.74) is 15.9. The van der Waals surface area contributed by atoms with Crippen molar-refractivity contribution in [2.75, 3.05) is 93.4 Å². The van der Waals surface area contributed by atoms with Crippen LogP contribution < -0.4 is 33.3 Å². The van der Waals surface area contributed by atoms with E-state index < -0.39 is 0 Å². The first kappa shape index (κ1) is 85.4. The molecule has 2 aliphatic heterocycles. The number of rotatable bonds is 23. The minimum Gasteiger partial charge on any atom is -0.494 e. The molecule has 29 nitrogen and oxygen atoms in total. The molecule has 0 fully saturated rings. The predicted octanol–water partition coefficient (Wildman–Crippen LogP) is 15.9. The SMILES string of the molecule is CCCOc1cc(C(=O)N(C)Cc2cccc3cn[nH]c23)ccc1C.CCCOc1cccc(C(=O)N(C)Cc2cccc3cn[nH]c23)c1.CCOc1cc(C(=O)N(C)Cc2cccc3cn[nH]c23)cc2[nH]ncc12.CN(Cc1cccc2cn[nH]c12)C(=O)c1ccc2c(c1)OCCN2C.CN(Cc1cccc2cn[nH]c12)C(=O)c1ccc2c(c1)OCCO2. The highest BCUT2D eigenvalue weighted by Crippen LogP contribution is 2.35. The number of nitrogens with one attached hydrogen (secondary N) is 6. The molecule has 636 valence electrons. The van der Waals surface area contributed by atoms with Gasteiger partial charge in [-0.25, -0.2) is 0 Å². The lowest BCUT2D eigenvalue weighted by molar-refractivity contribution is 0.0777. The van der Waals surface area contributed by atoms with Crippen molar-refractivity contribution in [2.45, 2.75) is 73.3 Å². The average molecular weight is 1670 g/mol. The van der Waals surface area contributed by atoms with Crippen molar-refractivity contribution in [3.05, 3.63) is 280 Å². The molecule has 2 aliphatic rings. The summed E-state index contributed by atoms with van der Waals surface area (Å²) in [4.78, 5) is 74.6. The van der Waals surface area contributed by atoms with Crippen LogP contribution in [0.1, 0.15) is 119 Å². The molecule has 0 saturated heterocycles. The second kappa shape index (κ2) is 39.9. The number of carbonyl (C=O) groups excluding carboxylic acids is 5. The van der Waals surface area contributed by atoms with E-state index in [1.165, 1.54) is 0 Å². The van der Waals surface area contributed by atoms with Crippen LogP contribution in [0.2, 0.25) is 0 Å². The number of anilines is 1. The van der Waals surface area contributed by atoms with Gasteiger partial charge in [0.05, 0.1) is 108 Å². The number of ether oxygens (including phenoxy) is 6. The van der Waals surface area contributed by atoms with E-state index >= 15 is 0 Å². The van der Waals surface area contributed by atoms with Gasteiger partial charge in [0.2, 0.25) is 0 Å². The van der Waals surface area contributed by atoms with Crippen molar-refractivity contribution in [3.63, 3.8) is 0 Å². The summed E-state index contributed by atoms with van der Waals surface area (Å²) in [5.74, 6) is 3.99. The maximum Gasteiger partial charge on any atom is 0.254 e. The van der Waals surface area contributed by atoms with Gasteiger partial charge in [-0.1, -0.05) is 117 Å². The fourth-order valence-electron chi connectivity index (χ4n) is 14.7. The lowest BCUT2D eigenvalue weighted by atomic mass is 10.1. The maximum absolute atomic E-state index is 13.0. The second-order valence-corrected chi connectivity index (χ2v) is 30.3. The zero-order chi connectivity index (χ0) is 86.8. The molecule has 0 aliphatic carbocycles. The molecule has 16 aromatic rings. The van der Waals surface area contributed by atoms with Crippen LogP contribution in [-0.4, -0.2) is 204 Å².